The highest BCUT2D eigenvalue weighted by Gasteiger charge is 2.30. The van der Waals surface area contributed by atoms with E-state index < -0.39 is 5.82 Å². The van der Waals surface area contributed by atoms with Crippen LogP contribution >= 0.6 is 0 Å². The summed E-state index contributed by atoms with van der Waals surface area (Å²) in [5.74, 6) is -0.765. The topological polar surface area (TPSA) is 12.0 Å². The molecule has 0 heterocycles. The van der Waals surface area contributed by atoms with Gasteiger partial charge in [-0.25, -0.2) is 8.78 Å². The molecule has 0 fully saturated rings. The van der Waals surface area contributed by atoms with Crippen molar-refractivity contribution in [3.8, 4) is 0 Å². The average molecular weight is 289 g/mol. The van der Waals surface area contributed by atoms with Gasteiger partial charge in [0, 0.05) is 11.5 Å². The van der Waals surface area contributed by atoms with E-state index in [0.717, 1.165) is 6.07 Å². The Balaban J connectivity index is 2.29. The van der Waals surface area contributed by atoms with Crippen LogP contribution in [0.25, 0.3) is 0 Å². The summed E-state index contributed by atoms with van der Waals surface area (Å²) in [7, 11) is 1.85. The molecule has 0 saturated carbocycles. The van der Waals surface area contributed by atoms with Crippen molar-refractivity contribution in [2.24, 2.45) is 0 Å². The van der Waals surface area contributed by atoms with Gasteiger partial charge in [-0.05, 0) is 42.8 Å². The fourth-order valence-corrected chi connectivity index (χ4v) is 2.71. The molecule has 2 aromatic carbocycles. The maximum absolute atomic E-state index is 13.9. The second kappa shape index (κ2) is 6.35. The predicted octanol–water partition coefficient (Wildman–Crippen LogP) is 4.07. The summed E-state index contributed by atoms with van der Waals surface area (Å²) < 4.78 is 27.2. The number of nitrogens with one attached hydrogen (secondary N) is 1. The summed E-state index contributed by atoms with van der Waals surface area (Å²) in [4.78, 5) is 0. The Hall–Kier alpha value is -1.74. The molecular formula is C18H21F2N. The Kier molecular flexibility index (Phi) is 4.73. The molecule has 3 heteroatoms. The van der Waals surface area contributed by atoms with Crippen LogP contribution in [0, 0.1) is 11.6 Å². The van der Waals surface area contributed by atoms with E-state index in [1.165, 1.54) is 17.7 Å². The third-order valence-corrected chi connectivity index (χ3v) is 4.17. The molecule has 1 unspecified atom stereocenters. The van der Waals surface area contributed by atoms with E-state index in [1.54, 1.807) is 0 Å². The minimum Gasteiger partial charge on any atom is -0.316 e. The molecule has 0 aliphatic rings. The van der Waals surface area contributed by atoms with Gasteiger partial charge < -0.3 is 5.32 Å². The largest absolute Gasteiger partial charge is 0.316 e. The van der Waals surface area contributed by atoms with Gasteiger partial charge in [0.15, 0.2) is 0 Å². The second-order valence-electron chi connectivity index (χ2n) is 5.87. The monoisotopic (exact) mass is 289 g/mol. The van der Waals surface area contributed by atoms with Gasteiger partial charge in [0.2, 0.25) is 0 Å². The maximum atomic E-state index is 13.9. The number of hydrogen-bond acceptors (Lipinski definition) is 1. The molecule has 1 N–H and O–H groups in total. The van der Waals surface area contributed by atoms with E-state index in [0.29, 0.717) is 12.0 Å². The Labute approximate surface area is 125 Å². The number of halogens is 2. The van der Waals surface area contributed by atoms with Crippen molar-refractivity contribution < 1.29 is 8.78 Å². The Morgan fingerprint density at radius 2 is 1.71 bits per heavy atom. The second-order valence-corrected chi connectivity index (χ2v) is 5.87. The third-order valence-electron chi connectivity index (χ3n) is 4.17. The van der Waals surface area contributed by atoms with Gasteiger partial charge in [-0.15, -0.1) is 0 Å². The van der Waals surface area contributed by atoms with Crippen molar-refractivity contribution in [1.82, 2.24) is 5.32 Å². The van der Waals surface area contributed by atoms with Crippen molar-refractivity contribution in [2.45, 2.75) is 31.7 Å². The number of hydrogen-bond donors (Lipinski definition) is 1. The van der Waals surface area contributed by atoms with E-state index in [1.807, 2.05) is 25.2 Å². The summed E-state index contributed by atoms with van der Waals surface area (Å²) in [6, 6.07) is 13.7. The van der Waals surface area contributed by atoms with Crippen LogP contribution in [-0.2, 0) is 11.8 Å². The zero-order chi connectivity index (χ0) is 15.5. The number of likely N-dealkylation sites (N-methyl/N-ethyl adjacent to an activating group) is 1. The number of rotatable bonds is 5. The lowest BCUT2D eigenvalue weighted by Crippen LogP contribution is -2.44. The molecule has 2 aromatic rings. The van der Waals surface area contributed by atoms with Gasteiger partial charge in [-0.2, -0.15) is 0 Å². The van der Waals surface area contributed by atoms with Crippen LogP contribution in [0.1, 0.15) is 25.0 Å². The van der Waals surface area contributed by atoms with E-state index in [-0.39, 0.29) is 17.3 Å². The first-order chi connectivity index (χ1) is 9.95. The van der Waals surface area contributed by atoms with E-state index in [2.05, 4.69) is 31.3 Å². The Bertz CT molecular complexity index is 593. The van der Waals surface area contributed by atoms with Crippen LogP contribution in [0.4, 0.5) is 8.78 Å². The quantitative estimate of drug-likeness (QED) is 0.875. The molecule has 0 aliphatic heterocycles. The van der Waals surface area contributed by atoms with Crippen LogP contribution in [-0.4, -0.2) is 13.1 Å². The summed E-state index contributed by atoms with van der Waals surface area (Å²) in [6.07, 6.45) is 0.433. The molecule has 0 aromatic heterocycles. The molecule has 2 rings (SSSR count). The molecule has 0 amide bonds. The van der Waals surface area contributed by atoms with Crippen molar-refractivity contribution >= 4 is 0 Å². The predicted molar refractivity (Wildman–Crippen MR) is 82.4 cm³/mol. The molecule has 0 bridgehead atoms. The minimum absolute atomic E-state index is 0.00352. The van der Waals surface area contributed by atoms with Crippen LogP contribution in [0.15, 0.2) is 48.5 Å². The minimum atomic E-state index is -0.404. The van der Waals surface area contributed by atoms with Gasteiger partial charge in [-0.1, -0.05) is 44.2 Å². The summed E-state index contributed by atoms with van der Waals surface area (Å²) in [6.45, 7) is 4.22. The van der Waals surface area contributed by atoms with Crippen LogP contribution in [0.5, 0.6) is 0 Å². The van der Waals surface area contributed by atoms with E-state index >= 15 is 0 Å². The van der Waals surface area contributed by atoms with Gasteiger partial charge in [0.1, 0.15) is 11.6 Å². The van der Waals surface area contributed by atoms with Gasteiger partial charge >= 0.3 is 0 Å². The lowest BCUT2D eigenvalue weighted by atomic mass is 9.75. The molecule has 0 spiro atoms. The molecule has 0 aliphatic carbocycles. The lowest BCUT2D eigenvalue weighted by Gasteiger charge is -2.35. The summed E-state index contributed by atoms with van der Waals surface area (Å²) >= 11 is 0. The summed E-state index contributed by atoms with van der Waals surface area (Å²) in [5.41, 5.74) is 1.37. The molecule has 1 atom stereocenters. The highest BCUT2D eigenvalue weighted by Crippen LogP contribution is 2.29. The number of benzene rings is 2. The third kappa shape index (κ3) is 3.48. The van der Waals surface area contributed by atoms with Gasteiger partial charge in [0.05, 0.1) is 0 Å². The molecule has 21 heavy (non-hydrogen) atoms. The Morgan fingerprint density at radius 3 is 2.33 bits per heavy atom. The van der Waals surface area contributed by atoms with Crippen LogP contribution < -0.4 is 5.32 Å². The Morgan fingerprint density at radius 1 is 1.05 bits per heavy atom. The fraction of sp³-hybridized carbons (Fsp3) is 0.333. The molecule has 0 saturated heterocycles. The van der Waals surface area contributed by atoms with Crippen LogP contribution in [0.3, 0.4) is 0 Å². The average Bonchev–Trinajstić information content (AvgIpc) is 2.48. The van der Waals surface area contributed by atoms with E-state index in [9.17, 15) is 8.78 Å². The molecule has 1 nitrogen and oxygen atoms in total. The molecule has 112 valence electrons. The van der Waals surface area contributed by atoms with Gasteiger partial charge in [0.25, 0.3) is 0 Å². The van der Waals surface area contributed by atoms with Crippen LogP contribution in [0.2, 0.25) is 0 Å². The van der Waals surface area contributed by atoms with Crippen molar-refractivity contribution in [2.75, 3.05) is 7.05 Å². The normalized spacial score (nSPS) is 13.2. The van der Waals surface area contributed by atoms with Crippen molar-refractivity contribution in [3.63, 3.8) is 0 Å². The highest BCUT2D eigenvalue weighted by molar-refractivity contribution is 5.28. The van der Waals surface area contributed by atoms with Gasteiger partial charge in [-0.3, -0.25) is 0 Å². The SMILES string of the molecule is CNC(Cc1cc(F)ccc1F)C(C)(C)c1ccccc1. The summed E-state index contributed by atoms with van der Waals surface area (Å²) in [5, 5.41) is 3.25. The molecular weight excluding hydrogens is 268 g/mol. The first-order valence-electron chi connectivity index (χ1n) is 7.12. The lowest BCUT2D eigenvalue weighted by molar-refractivity contribution is 0.352. The zero-order valence-corrected chi connectivity index (χ0v) is 12.7. The molecule has 0 radical (unpaired) electrons. The standard InChI is InChI=1S/C18H21F2N/c1-18(2,14-7-5-4-6-8-14)17(21-3)12-13-11-15(19)9-10-16(13)20/h4-11,17,21H,12H2,1-3H3. The highest BCUT2D eigenvalue weighted by atomic mass is 19.1. The first kappa shape index (κ1) is 15.6. The van der Waals surface area contributed by atoms with Crippen molar-refractivity contribution in [1.29, 1.82) is 0 Å². The van der Waals surface area contributed by atoms with E-state index in [4.69, 9.17) is 0 Å². The fourth-order valence-electron chi connectivity index (χ4n) is 2.71. The maximum Gasteiger partial charge on any atom is 0.126 e. The first-order valence-corrected chi connectivity index (χ1v) is 7.12. The van der Waals surface area contributed by atoms with Crippen molar-refractivity contribution in [3.05, 3.63) is 71.3 Å². The smallest absolute Gasteiger partial charge is 0.126 e. The zero-order valence-electron chi connectivity index (χ0n) is 12.7.